The van der Waals surface area contributed by atoms with Crippen LogP contribution in [0.3, 0.4) is 0 Å². The molecule has 1 aromatic rings. The Kier molecular flexibility index (Phi) is 9.04. The molecule has 1 aromatic carbocycles. The molecular formula is C22H28P2. The molecule has 0 radical (unpaired) electrons. The van der Waals surface area contributed by atoms with E-state index in [4.69, 9.17) is 0 Å². The first kappa shape index (κ1) is 19.1. The van der Waals surface area contributed by atoms with Gasteiger partial charge < -0.3 is 0 Å². The average molecular weight is 354 g/mol. The average Bonchev–Trinajstić information content (AvgIpc) is 2.65. The number of hydrogen-bond donors (Lipinski definition) is 0. The Balaban J connectivity index is 1.94. The summed E-state index contributed by atoms with van der Waals surface area (Å²) >= 11 is 0. The molecule has 2 heteroatoms. The minimum atomic E-state index is -0.195. The molecule has 0 heterocycles. The third kappa shape index (κ3) is 6.35. The molecule has 0 saturated carbocycles. The summed E-state index contributed by atoms with van der Waals surface area (Å²) in [6.07, 6.45) is 21.8. The van der Waals surface area contributed by atoms with Crippen molar-refractivity contribution in [2.75, 3.05) is 12.3 Å². The van der Waals surface area contributed by atoms with Crippen LogP contribution < -0.4 is 5.30 Å². The number of hydrogen-bond acceptors (Lipinski definition) is 0. The van der Waals surface area contributed by atoms with E-state index in [9.17, 15) is 0 Å². The van der Waals surface area contributed by atoms with Crippen molar-refractivity contribution in [3.05, 3.63) is 90.1 Å². The van der Waals surface area contributed by atoms with E-state index in [2.05, 4.69) is 74.2 Å². The van der Waals surface area contributed by atoms with E-state index in [0.29, 0.717) is 0 Å². The molecule has 0 bridgehead atoms. The van der Waals surface area contributed by atoms with Gasteiger partial charge in [0.05, 0.1) is 0 Å². The van der Waals surface area contributed by atoms with Crippen molar-refractivity contribution in [1.29, 1.82) is 0 Å². The van der Waals surface area contributed by atoms with Gasteiger partial charge in [-0.05, 0) is 62.4 Å². The molecule has 0 N–H and O–H groups in total. The van der Waals surface area contributed by atoms with E-state index >= 15 is 0 Å². The van der Waals surface area contributed by atoms with E-state index in [1.54, 1.807) is 5.31 Å². The second-order valence-corrected chi connectivity index (χ2v) is 9.48. The molecule has 0 nitrogen and oxygen atoms in total. The lowest BCUT2D eigenvalue weighted by molar-refractivity contribution is 1.03. The van der Waals surface area contributed by atoms with Crippen LogP contribution in [0.25, 0.3) is 0 Å². The van der Waals surface area contributed by atoms with Gasteiger partial charge in [-0.3, -0.25) is 0 Å². The van der Waals surface area contributed by atoms with Crippen molar-refractivity contribution in [2.24, 2.45) is 0 Å². The van der Waals surface area contributed by atoms with Gasteiger partial charge in [-0.25, -0.2) is 0 Å². The van der Waals surface area contributed by atoms with Crippen molar-refractivity contribution >= 4 is 21.8 Å². The van der Waals surface area contributed by atoms with Gasteiger partial charge in [0.1, 0.15) is 0 Å². The first-order valence-corrected chi connectivity index (χ1v) is 11.5. The Morgan fingerprint density at radius 2 is 2.08 bits per heavy atom. The summed E-state index contributed by atoms with van der Waals surface area (Å²) in [5.74, 6) is 0. The molecular weight excluding hydrogens is 326 g/mol. The molecule has 2 atom stereocenters. The summed E-state index contributed by atoms with van der Waals surface area (Å²) in [4.78, 5) is 0. The predicted octanol–water partition coefficient (Wildman–Crippen LogP) is 6.74. The van der Waals surface area contributed by atoms with Crippen molar-refractivity contribution in [3.63, 3.8) is 0 Å². The minimum Gasteiger partial charge on any atom is -0.0991 e. The molecule has 0 spiro atoms. The molecule has 1 aliphatic carbocycles. The van der Waals surface area contributed by atoms with E-state index in [1.807, 2.05) is 12.2 Å². The van der Waals surface area contributed by atoms with Crippen molar-refractivity contribution in [2.45, 2.75) is 26.2 Å². The van der Waals surface area contributed by atoms with Gasteiger partial charge in [0.2, 0.25) is 0 Å². The molecule has 0 fully saturated rings. The Hall–Kier alpha value is -1.22. The molecule has 1 unspecified atom stereocenters. The van der Waals surface area contributed by atoms with Crippen LogP contribution in [0, 0.1) is 0 Å². The molecule has 1 aliphatic rings. The molecule has 0 amide bonds. The monoisotopic (exact) mass is 354 g/mol. The SMILES string of the molecule is C=C/C=C\C(=C/C)PCCC[P@@](C1=CCCC=C1)c1ccccc1. The highest BCUT2D eigenvalue weighted by atomic mass is 31.1. The first-order chi connectivity index (χ1) is 11.8. The van der Waals surface area contributed by atoms with Crippen molar-refractivity contribution in [1.82, 2.24) is 0 Å². The van der Waals surface area contributed by atoms with Gasteiger partial charge in [0, 0.05) is 0 Å². The maximum absolute atomic E-state index is 3.75. The van der Waals surface area contributed by atoms with Crippen LogP contribution in [0.15, 0.2) is 90.1 Å². The van der Waals surface area contributed by atoms with Gasteiger partial charge in [0.15, 0.2) is 0 Å². The Labute approximate surface area is 150 Å². The third-order valence-electron chi connectivity index (χ3n) is 3.97. The summed E-state index contributed by atoms with van der Waals surface area (Å²) in [5.41, 5.74) is 0. The van der Waals surface area contributed by atoms with Crippen molar-refractivity contribution in [3.8, 4) is 0 Å². The number of allylic oxidation sites excluding steroid dienone is 9. The van der Waals surface area contributed by atoms with Crippen molar-refractivity contribution < 1.29 is 0 Å². The molecule has 0 aromatic heterocycles. The minimum absolute atomic E-state index is 0.195. The number of benzene rings is 1. The molecule has 126 valence electrons. The first-order valence-electron chi connectivity index (χ1n) is 8.73. The largest absolute Gasteiger partial charge is 0.0991 e. The Bertz CT molecular complexity index is 621. The quantitative estimate of drug-likeness (QED) is 0.262. The van der Waals surface area contributed by atoms with Gasteiger partial charge in [0.25, 0.3) is 0 Å². The highest BCUT2D eigenvalue weighted by Gasteiger charge is 2.15. The highest BCUT2D eigenvalue weighted by Crippen LogP contribution is 2.46. The lowest BCUT2D eigenvalue weighted by atomic mass is 10.2. The fourth-order valence-corrected chi connectivity index (χ4v) is 6.53. The normalized spacial score (nSPS) is 16.7. The summed E-state index contributed by atoms with van der Waals surface area (Å²) in [5, 5.41) is 4.53. The lowest BCUT2D eigenvalue weighted by Gasteiger charge is -2.21. The third-order valence-corrected chi connectivity index (χ3v) is 8.07. The van der Waals surface area contributed by atoms with Crippen LogP contribution in [0.5, 0.6) is 0 Å². The molecule has 0 saturated heterocycles. The topological polar surface area (TPSA) is 0 Å². The molecule has 0 aliphatic heterocycles. The van der Waals surface area contributed by atoms with Gasteiger partial charge in [-0.15, -0.1) is 0 Å². The van der Waals surface area contributed by atoms with E-state index in [0.717, 1.165) is 8.58 Å². The van der Waals surface area contributed by atoms with Crippen LogP contribution in [-0.2, 0) is 0 Å². The van der Waals surface area contributed by atoms with E-state index < -0.39 is 0 Å². The fourth-order valence-electron chi connectivity index (χ4n) is 2.71. The summed E-state index contributed by atoms with van der Waals surface area (Å²) in [6.45, 7) is 5.88. The van der Waals surface area contributed by atoms with Crippen LogP contribution in [0.4, 0.5) is 0 Å². The summed E-state index contributed by atoms with van der Waals surface area (Å²) < 4.78 is 0. The second kappa shape index (κ2) is 11.4. The van der Waals surface area contributed by atoms with Crippen LogP contribution in [0.1, 0.15) is 26.2 Å². The maximum atomic E-state index is 3.75. The zero-order chi connectivity index (χ0) is 17.0. The highest BCUT2D eigenvalue weighted by molar-refractivity contribution is 7.70. The summed E-state index contributed by atoms with van der Waals surface area (Å²) in [7, 11) is 0.704. The molecule has 2 rings (SSSR count). The van der Waals surface area contributed by atoms with E-state index in [-0.39, 0.29) is 7.92 Å². The lowest BCUT2D eigenvalue weighted by Crippen LogP contribution is -2.05. The fraction of sp³-hybridized carbons (Fsp3) is 0.273. The van der Waals surface area contributed by atoms with Crippen LogP contribution in [0.2, 0.25) is 0 Å². The zero-order valence-corrected chi connectivity index (χ0v) is 16.5. The number of rotatable bonds is 9. The Morgan fingerprint density at radius 3 is 2.75 bits per heavy atom. The second-order valence-electron chi connectivity index (χ2n) is 5.72. The summed E-state index contributed by atoms with van der Waals surface area (Å²) in [6, 6.07) is 11.1. The van der Waals surface area contributed by atoms with Crippen LogP contribution in [-0.4, -0.2) is 12.3 Å². The molecule has 24 heavy (non-hydrogen) atoms. The predicted molar refractivity (Wildman–Crippen MR) is 115 cm³/mol. The standard InChI is InChI=1S/C22H28P2/c1-3-5-13-20(4-2)23-18-12-19-24(21-14-8-6-9-15-21)22-16-10-7-11-17-22/h3-6,8-10,13-17,23H,1,7,11-12,18-19H2,2H3/b13-5-,20-4+/t24-/m1/s1. The zero-order valence-electron chi connectivity index (χ0n) is 14.6. The van der Waals surface area contributed by atoms with Gasteiger partial charge in [-0.1, -0.05) is 88.0 Å². The Morgan fingerprint density at radius 1 is 1.25 bits per heavy atom. The van der Waals surface area contributed by atoms with Crippen LogP contribution >= 0.6 is 16.5 Å². The maximum Gasteiger partial charge on any atom is -0.0195 e. The van der Waals surface area contributed by atoms with E-state index in [1.165, 1.54) is 42.2 Å². The van der Waals surface area contributed by atoms with Gasteiger partial charge in [-0.2, -0.15) is 0 Å². The van der Waals surface area contributed by atoms with Gasteiger partial charge >= 0.3 is 0 Å². The smallest absolute Gasteiger partial charge is 0.0195 e.